The number of benzene rings is 1. The molecule has 19 heavy (non-hydrogen) atoms. The number of methoxy groups -OCH3 is 1. The van der Waals surface area contributed by atoms with Crippen LogP contribution in [0.3, 0.4) is 0 Å². The zero-order valence-corrected chi connectivity index (χ0v) is 10.4. The van der Waals surface area contributed by atoms with Gasteiger partial charge >= 0.3 is 0 Å². The van der Waals surface area contributed by atoms with E-state index in [0.29, 0.717) is 19.2 Å². The second kappa shape index (κ2) is 7.75. The number of hydrogen-bond acceptors (Lipinski definition) is 3. The molecular formula is C12H15F3N2O2. The maximum Gasteiger partial charge on any atom is 0.234 e. The molecule has 0 radical (unpaired) electrons. The highest BCUT2D eigenvalue weighted by Gasteiger charge is 2.09. The SMILES string of the molecule is COCCNC(=O)CNCc1cc(F)c(F)cc1F. The molecule has 1 amide bonds. The third kappa shape index (κ3) is 5.27. The molecule has 106 valence electrons. The summed E-state index contributed by atoms with van der Waals surface area (Å²) in [6.45, 7) is 0.642. The third-order valence-corrected chi connectivity index (χ3v) is 2.32. The Balaban J connectivity index is 2.37. The van der Waals surface area contributed by atoms with Gasteiger partial charge in [0, 0.05) is 31.8 Å². The lowest BCUT2D eigenvalue weighted by Gasteiger charge is -2.07. The van der Waals surface area contributed by atoms with E-state index in [4.69, 9.17) is 4.74 Å². The van der Waals surface area contributed by atoms with E-state index in [2.05, 4.69) is 10.6 Å². The van der Waals surface area contributed by atoms with Crippen molar-refractivity contribution in [3.63, 3.8) is 0 Å². The van der Waals surface area contributed by atoms with Crippen LogP contribution in [0.15, 0.2) is 12.1 Å². The van der Waals surface area contributed by atoms with Crippen molar-refractivity contribution in [2.45, 2.75) is 6.54 Å². The Morgan fingerprint density at radius 1 is 1.21 bits per heavy atom. The van der Waals surface area contributed by atoms with Crippen molar-refractivity contribution >= 4 is 5.91 Å². The molecule has 1 aromatic rings. The Labute approximate surface area is 108 Å². The first kappa shape index (κ1) is 15.5. The summed E-state index contributed by atoms with van der Waals surface area (Å²) in [6.07, 6.45) is 0. The van der Waals surface area contributed by atoms with Crippen LogP contribution in [0, 0.1) is 17.5 Å². The molecule has 0 saturated carbocycles. The molecule has 0 aromatic heterocycles. The predicted octanol–water partition coefficient (Wildman–Crippen LogP) is 0.956. The van der Waals surface area contributed by atoms with Gasteiger partial charge in [-0.15, -0.1) is 0 Å². The predicted molar refractivity (Wildman–Crippen MR) is 62.9 cm³/mol. The molecule has 0 aliphatic heterocycles. The zero-order chi connectivity index (χ0) is 14.3. The average molecular weight is 276 g/mol. The van der Waals surface area contributed by atoms with Gasteiger partial charge in [-0.1, -0.05) is 0 Å². The molecule has 0 fully saturated rings. The Morgan fingerprint density at radius 2 is 1.89 bits per heavy atom. The minimum atomic E-state index is -1.24. The zero-order valence-electron chi connectivity index (χ0n) is 10.4. The molecule has 0 spiro atoms. The van der Waals surface area contributed by atoms with Crippen molar-refractivity contribution in [1.82, 2.24) is 10.6 Å². The van der Waals surface area contributed by atoms with Crippen molar-refractivity contribution in [3.05, 3.63) is 35.1 Å². The van der Waals surface area contributed by atoms with Crippen molar-refractivity contribution in [2.24, 2.45) is 0 Å². The summed E-state index contributed by atoms with van der Waals surface area (Å²) in [5.74, 6) is -3.51. The first-order valence-corrected chi connectivity index (χ1v) is 5.64. The summed E-state index contributed by atoms with van der Waals surface area (Å²) < 4.78 is 43.5. The molecule has 4 nitrogen and oxygen atoms in total. The van der Waals surface area contributed by atoms with Crippen LogP contribution < -0.4 is 10.6 Å². The van der Waals surface area contributed by atoms with Crippen molar-refractivity contribution in [2.75, 3.05) is 26.8 Å². The van der Waals surface area contributed by atoms with Crippen LogP contribution >= 0.6 is 0 Å². The molecule has 1 rings (SSSR count). The highest BCUT2D eigenvalue weighted by molar-refractivity contribution is 5.77. The normalized spacial score (nSPS) is 10.5. The fraction of sp³-hybridized carbons (Fsp3) is 0.417. The molecule has 2 N–H and O–H groups in total. The fourth-order valence-corrected chi connectivity index (χ4v) is 1.36. The number of ether oxygens (including phenoxy) is 1. The standard InChI is InChI=1S/C12H15F3N2O2/c1-19-3-2-17-12(18)7-16-6-8-4-10(14)11(15)5-9(8)13/h4-5,16H,2-3,6-7H2,1H3,(H,17,18). The quantitative estimate of drug-likeness (QED) is 0.576. The molecule has 0 unspecified atom stereocenters. The lowest BCUT2D eigenvalue weighted by atomic mass is 10.2. The number of carbonyl (C=O) groups is 1. The van der Waals surface area contributed by atoms with Crippen LogP contribution in [0.25, 0.3) is 0 Å². The maximum atomic E-state index is 13.2. The van der Waals surface area contributed by atoms with Crippen LogP contribution in [0.5, 0.6) is 0 Å². The average Bonchev–Trinajstić information content (AvgIpc) is 2.36. The van der Waals surface area contributed by atoms with E-state index in [1.807, 2.05) is 0 Å². The Hall–Kier alpha value is -1.60. The van der Waals surface area contributed by atoms with Gasteiger partial charge in [0.1, 0.15) is 5.82 Å². The van der Waals surface area contributed by atoms with E-state index < -0.39 is 17.5 Å². The van der Waals surface area contributed by atoms with Crippen LogP contribution in [-0.4, -0.2) is 32.7 Å². The van der Waals surface area contributed by atoms with Crippen LogP contribution in [0.2, 0.25) is 0 Å². The molecule has 1 aromatic carbocycles. The van der Waals surface area contributed by atoms with Crippen molar-refractivity contribution < 1.29 is 22.7 Å². The topological polar surface area (TPSA) is 50.4 Å². The molecule has 0 atom stereocenters. The lowest BCUT2D eigenvalue weighted by molar-refractivity contribution is -0.120. The van der Waals surface area contributed by atoms with Gasteiger partial charge in [0.2, 0.25) is 5.91 Å². The van der Waals surface area contributed by atoms with Gasteiger partial charge in [-0.2, -0.15) is 0 Å². The summed E-state index contributed by atoms with van der Waals surface area (Å²) in [6, 6.07) is 1.24. The minimum Gasteiger partial charge on any atom is -0.383 e. The van der Waals surface area contributed by atoms with Crippen LogP contribution in [0.4, 0.5) is 13.2 Å². The fourth-order valence-electron chi connectivity index (χ4n) is 1.36. The minimum absolute atomic E-state index is 0.0383. The van der Waals surface area contributed by atoms with Gasteiger partial charge in [-0.25, -0.2) is 13.2 Å². The van der Waals surface area contributed by atoms with Gasteiger partial charge in [-0.3, -0.25) is 4.79 Å². The molecule has 0 saturated heterocycles. The van der Waals surface area contributed by atoms with E-state index in [9.17, 15) is 18.0 Å². The summed E-state index contributed by atoms with van der Waals surface area (Å²) >= 11 is 0. The monoisotopic (exact) mass is 276 g/mol. The first-order valence-electron chi connectivity index (χ1n) is 5.64. The highest BCUT2D eigenvalue weighted by atomic mass is 19.2. The van der Waals surface area contributed by atoms with E-state index in [0.717, 1.165) is 6.07 Å². The van der Waals surface area contributed by atoms with E-state index in [1.54, 1.807) is 0 Å². The van der Waals surface area contributed by atoms with Crippen molar-refractivity contribution in [1.29, 1.82) is 0 Å². The summed E-state index contributed by atoms with van der Waals surface area (Å²) in [4.78, 5) is 11.3. The number of rotatable bonds is 7. The number of nitrogens with one attached hydrogen (secondary N) is 2. The van der Waals surface area contributed by atoms with Crippen LogP contribution in [-0.2, 0) is 16.1 Å². The summed E-state index contributed by atoms with van der Waals surface area (Å²) in [5.41, 5.74) is -0.0383. The maximum absolute atomic E-state index is 13.2. The number of amides is 1. The van der Waals surface area contributed by atoms with Gasteiger partial charge in [0.05, 0.1) is 13.2 Å². The lowest BCUT2D eigenvalue weighted by Crippen LogP contribution is -2.35. The molecular weight excluding hydrogens is 261 g/mol. The largest absolute Gasteiger partial charge is 0.383 e. The first-order chi connectivity index (χ1) is 9.04. The molecule has 0 aliphatic rings. The number of halogens is 3. The van der Waals surface area contributed by atoms with Crippen LogP contribution in [0.1, 0.15) is 5.56 Å². The Bertz CT molecular complexity index is 441. The van der Waals surface area contributed by atoms with Gasteiger partial charge in [0.15, 0.2) is 11.6 Å². The van der Waals surface area contributed by atoms with Gasteiger partial charge < -0.3 is 15.4 Å². The molecule has 0 aliphatic carbocycles. The second-order valence-corrected chi connectivity index (χ2v) is 3.80. The summed E-state index contributed by atoms with van der Waals surface area (Å²) in [5, 5.41) is 5.18. The van der Waals surface area contributed by atoms with Gasteiger partial charge in [0.25, 0.3) is 0 Å². The smallest absolute Gasteiger partial charge is 0.234 e. The van der Waals surface area contributed by atoms with Crippen molar-refractivity contribution in [3.8, 4) is 0 Å². The highest BCUT2D eigenvalue weighted by Crippen LogP contribution is 2.13. The molecule has 7 heteroatoms. The Morgan fingerprint density at radius 3 is 2.58 bits per heavy atom. The van der Waals surface area contributed by atoms with E-state index >= 15 is 0 Å². The second-order valence-electron chi connectivity index (χ2n) is 3.80. The number of hydrogen-bond donors (Lipinski definition) is 2. The summed E-state index contributed by atoms with van der Waals surface area (Å²) in [7, 11) is 1.51. The van der Waals surface area contributed by atoms with E-state index in [-0.39, 0.29) is 24.6 Å². The number of carbonyl (C=O) groups excluding carboxylic acids is 1. The van der Waals surface area contributed by atoms with E-state index in [1.165, 1.54) is 7.11 Å². The molecule has 0 heterocycles. The Kier molecular flexibility index (Phi) is 6.31. The van der Waals surface area contributed by atoms with Gasteiger partial charge in [-0.05, 0) is 6.07 Å². The molecule has 0 bridgehead atoms. The third-order valence-electron chi connectivity index (χ3n) is 2.32.